The minimum Gasteiger partial charge on any atom is -0.492 e. The Labute approximate surface area is 203 Å². The third-order valence-corrected chi connectivity index (χ3v) is 5.76. The lowest BCUT2D eigenvalue weighted by Gasteiger charge is -2.18. The van der Waals surface area contributed by atoms with Crippen LogP contribution in [-0.2, 0) is 11.3 Å². The maximum absolute atomic E-state index is 12.7. The number of benzene rings is 2. The molecule has 180 valence electrons. The van der Waals surface area contributed by atoms with E-state index in [-0.39, 0.29) is 17.6 Å². The number of nitrogens with one attached hydrogen (secondary N) is 2. The summed E-state index contributed by atoms with van der Waals surface area (Å²) in [6.45, 7) is 9.07. The number of hydrogen-bond acceptors (Lipinski definition) is 7. The van der Waals surface area contributed by atoms with Crippen LogP contribution in [0.3, 0.4) is 0 Å². The number of thioether (sulfide) groups is 1. The first kappa shape index (κ1) is 25.1. The van der Waals surface area contributed by atoms with Gasteiger partial charge in [-0.3, -0.25) is 9.59 Å². The fraction of sp³-hybridized carbons (Fsp3) is 0.333. The number of carbonyl (C=O) groups is 2. The van der Waals surface area contributed by atoms with E-state index in [0.717, 1.165) is 12.4 Å². The van der Waals surface area contributed by atoms with E-state index in [2.05, 4.69) is 20.8 Å². The zero-order chi connectivity index (χ0) is 24.5. The quantitative estimate of drug-likeness (QED) is 0.390. The lowest BCUT2D eigenvalue weighted by Crippen LogP contribution is -2.17. The normalized spacial score (nSPS) is 10.6. The average molecular weight is 484 g/mol. The van der Waals surface area contributed by atoms with Crippen LogP contribution < -0.4 is 20.1 Å². The van der Waals surface area contributed by atoms with E-state index in [0.29, 0.717) is 46.8 Å². The summed E-state index contributed by atoms with van der Waals surface area (Å²) < 4.78 is 13.4. The van der Waals surface area contributed by atoms with Gasteiger partial charge in [-0.2, -0.15) is 0 Å². The molecule has 0 aliphatic rings. The summed E-state index contributed by atoms with van der Waals surface area (Å²) >= 11 is 1.31. The Balaban J connectivity index is 1.79. The van der Waals surface area contributed by atoms with Crippen LogP contribution in [0.2, 0.25) is 0 Å². The Kier molecular flexibility index (Phi) is 8.92. The molecule has 0 atom stereocenters. The van der Waals surface area contributed by atoms with Crippen molar-refractivity contribution in [1.82, 2.24) is 14.8 Å². The molecule has 2 N–H and O–H groups in total. The molecule has 0 saturated carbocycles. The Bertz CT molecular complexity index is 1130. The first-order chi connectivity index (χ1) is 16.5. The number of carbonyl (C=O) groups excluding carboxylic acids is 2. The SMILES string of the molecule is CCOc1cc(NC(=O)c2ccccc2)c(OCC)cc1NC(=O)CSc1nnc(C)n1CC. The summed E-state index contributed by atoms with van der Waals surface area (Å²) in [5.74, 6) is 1.32. The van der Waals surface area contributed by atoms with Gasteiger partial charge in [-0.1, -0.05) is 30.0 Å². The van der Waals surface area contributed by atoms with E-state index in [1.165, 1.54) is 11.8 Å². The summed E-state index contributed by atoms with van der Waals surface area (Å²) in [7, 11) is 0. The molecule has 9 nitrogen and oxygen atoms in total. The highest BCUT2D eigenvalue weighted by atomic mass is 32.2. The van der Waals surface area contributed by atoms with Gasteiger partial charge in [-0.15, -0.1) is 10.2 Å². The van der Waals surface area contributed by atoms with E-state index in [4.69, 9.17) is 9.47 Å². The second-order valence-electron chi connectivity index (χ2n) is 7.14. The van der Waals surface area contributed by atoms with Crippen molar-refractivity contribution >= 4 is 35.0 Å². The third kappa shape index (κ3) is 6.28. The van der Waals surface area contributed by atoms with Crippen molar-refractivity contribution < 1.29 is 19.1 Å². The predicted octanol–water partition coefficient (Wildman–Crippen LogP) is 4.39. The summed E-state index contributed by atoms with van der Waals surface area (Å²) in [5.41, 5.74) is 1.44. The number of aromatic nitrogens is 3. The molecule has 3 rings (SSSR count). The molecule has 2 amide bonds. The van der Waals surface area contributed by atoms with Gasteiger partial charge in [0.15, 0.2) is 5.16 Å². The molecule has 0 saturated heterocycles. The number of anilines is 2. The fourth-order valence-electron chi connectivity index (χ4n) is 3.24. The van der Waals surface area contributed by atoms with Crippen molar-refractivity contribution in [1.29, 1.82) is 0 Å². The van der Waals surface area contributed by atoms with Gasteiger partial charge in [0.25, 0.3) is 5.91 Å². The molecule has 2 aromatic carbocycles. The van der Waals surface area contributed by atoms with Crippen molar-refractivity contribution in [2.75, 3.05) is 29.6 Å². The highest BCUT2D eigenvalue weighted by Crippen LogP contribution is 2.37. The van der Waals surface area contributed by atoms with Crippen LogP contribution in [-0.4, -0.2) is 45.5 Å². The Morgan fingerprint density at radius 3 is 2.15 bits per heavy atom. The van der Waals surface area contributed by atoms with Crippen LogP contribution >= 0.6 is 11.8 Å². The first-order valence-corrected chi connectivity index (χ1v) is 12.1. The molecule has 0 bridgehead atoms. The second kappa shape index (κ2) is 12.1. The maximum atomic E-state index is 12.7. The summed E-state index contributed by atoms with van der Waals surface area (Å²) in [6, 6.07) is 12.2. The van der Waals surface area contributed by atoms with Crippen LogP contribution in [0.25, 0.3) is 0 Å². The molecule has 0 radical (unpaired) electrons. The predicted molar refractivity (Wildman–Crippen MR) is 133 cm³/mol. The monoisotopic (exact) mass is 483 g/mol. The number of rotatable bonds is 11. The van der Waals surface area contributed by atoms with E-state index < -0.39 is 0 Å². The second-order valence-corrected chi connectivity index (χ2v) is 8.08. The lowest BCUT2D eigenvalue weighted by molar-refractivity contribution is -0.113. The van der Waals surface area contributed by atoms with Gasteiger partial charge in [0.2, 0.25) is 5.91 Å². The molecule has 0 aliphatic carbocycles. The highest BCUT2D eigenvalue weighted by molar-refractivity contribution is 7.99. The fourth-order valence-corrected chi connectivity index (χ4v) is 4.09. The molecule has 34 heavy (non-hydrogen) atoms. The number of aryl methyl sites for hydroxylation is 1. The maximum Gasteiger partial charge on any atom is 0.255 e. The number of hydrogen-bond donors (Lipinski definition) is 2. The van der Waals surface area contributed by atoms with Gasteiger partial charge in [0, 0.05) is 24.2 Å². The van der Waals surface area contributed by atoms with E-state index in [1.807, 2.05) is 38.3 Å². The topological polar surface area (TPSA) is 107 Å². The third-order valence-electron chi connectivity index (χ3n) is 4.79. The molecule has 1 aromatic heterocycles. The van der Waals surface area contributed by atoms with Gasteiger partial charge in [-0.05, 0) is 39.8 Å². The smallest absolute Gasteiger partial charge is 0.255 e. The Morgan fingerprint density at radius 2 is 1.56 bits per heavy atom. The Hall–Kier alpha value is -3.53. The zero-order valence-electron chi connectivity index (χ0n) is 19.8. The van der Waals surface area contributed by atoms with Gasteiger partial charge in [-0.25, -0.2) is 0 Å². The molecule has 3 aromatic rings. The van der Waals surface area contributed by atoms with Gasteiger partial charge in [0.1, 0.15) is 17.3 Å². The molecule has 0 fully saturated rings. The first-order valence-electron chi connectivity index (χ1n) is 11.1. The summed E-state index contributed by atoms with van der Waals surface area (Å²) in [5, 5.41) is 14.6. The largest absolute Gasteiger partial charge is 0.492 e. The van der Waals surface area contributed by atoms with Crippen LogP contribution in [0.4, 0.5) is 11.4 Å². The van der Waals surface area contributed by atoms with Crippen LogP contribution in [0.15, 0.2) is 47.6 Å². The lowest BCUT2D eigenvalue weighted by atomic mass is 10.2. The molecule has 0 aliphatic heterocycles. The van der Waals surface area contributed by atoms with Crippen molar-refractivity contribution in [2.45, 2.75) is 39.4 Å². The molecule has 0 spiro atoms. The van der Waals surface area contributed by atoms with Crippen molar-refractivity contribution in [2.24, 2.45) is 0 Å². The van der Waals surface area contributed by atoms with E-state index >= 15 is 0 Å². The van der Waals surface area contributed by atoms with E-state index in [1.54, 1.807) is 36.4 Å². The van der Waals surface area contributed by atoms with Crippen molar-refractivity contribution in [3.8, 4) is 11.5 Å². The van der Waals surface area contributed by atoms with Crippen LogP contribution in [0.1, 0.15) is 37.0 Å². The minimum absolute atomic E-state index is 0.153. The molecular formula is C24H29N5O4S. The van der Waals surface area contributed by atoms with E-state index in [9.17, 15) is 9.59 Å². The molecule has 1 heterocycles. The highest BCUT2D eigenvalue weighted by Gasteiger charge is 2.18. The van der Waals surface area contributed by atoms with Gasteiger partial charge < -0.3 is 24.7 Å². The Morgan fingerprint density at radius 1 is 0.941 bits per heavy atom. The zero-order valence-corrected chi connectivity index (χ0v) is 20.6. The van der Waals surface area contributed by atoms with Crippen LogP contribution in [0, 0.1) is 6.92 Å². The molecule has 0 unspecified atom stereocenters. The molecular weight excluding hydrogens is 454 g/mol. The summed E-state index contributed by atoms with van der Waals surface area (Å²) in [4.78, 5) is 25.4. The van der Waals surface area contributed by atoms with Crippen LogP contribution in [0.5, 0.6) is 11.5 Å². The van der Waals surface area contributed by atoms with Crippen molar-refractivity contribution in [3.05, 3.63) is 53.9 Å². The minimum atomic E-state index is -0.271. The summed E-state index contributed by atoms with van der Waals surface area (Å²) in [6.07, 6.45) is 0. The van der Waals surface area contributed by atoms with Gasteiger partial charge >= 0.3 is 0 Å². The van der Waals surface area contributed by atoms with Crippen molar-refractivity contribution in [3.63, 3.8) is 0 Å². The average Bonchev–Trinajstić information content (AvgIpc) is 3.20. The van der Waals surface area contributed by atoms with Gasteiger partial charge in [0.05, 0.1) is 30.3 Å². The molecule has 10 heteroatoms. The number of ether oxygens (including phenoxy) is 2. The standard InChI is InChI=1S/C24H29N5O4S/c1-5-29-16(4)27-28-24(29)34-15-22(30)25-18-13-21(33-7-3)19(14-20(18)32-6-2)26-23(31)17-11-9-8-10-12-17/h8-14H,5-7,15H2,1-4H3,(H,25,30)(H,26,31). The number of nitrogens with zero attached hydrogens (tertiary/aromatic N) is 3. The number of amides is 2.